The number of anilines is 1. The van der Waals surface area contributed by atoms with E-state index in [0.717, 1.165) is 24.1 Å². The fourth-order valence-corrected chi connectivity index (χ4v) is 6.04. The molecule has 10 heteroatoms. The van der Waals surface area contributed by atoms with Gasteiger partial charge in [0.25, 0.3) is 11.8 Å². The van der Waals surface area contributed by atoms with Gasteiger partial charge in [0.05, 0.1) is 11.3 Å². The molecule has 3 aromatic carbocycles. The van der Waals surface area contributed by atoms with Crippen LogP contribution in [0.4, 0.5) is 14.5 Å². The third kappa shape index (κ3) is 4.79. The molecule has 0 bridgehead atoms. The van der Waals surface area contributed by atoms with E-state index in [1.54, 1.807) is 42.4 Å². The van der Waals surface area contributed by atoms with Crippen LogP contribution in [0.15, 0.2) is 63.4 Å². The number of likely N-dealkylation sites (tertiary alicyclic amines) is 1. The Hall–Kier alpha value is -4.31. The van der Waals surface area contributed by atoms with Gasteiger partial charge in [0.2, 0.25) is 0 Å². The lowest BCUT2D eigenvalue weighted by Crippen LogP contribution is -2.39. The summed E-state index contributed by atoms with van der Waals surface area (Å²) in [5, 5.41) is 3.88. The number of hydrogen-bond acceptors (Lipinski definition) is 6. The zero-order chi connectivity index (χ0) is 29.7. The molecule has 0 radical (unpaired) electrons. The van der Waals surface area contributed by atoms with Gasteiger partial charge in [-0.15, -0.1) is 0 Å². The molecule has 216 valence electrons. The van der Waals surface area contributed by atoms with Crippen LogP contribution in [0.25, 0.3) is 33.3 Å². The Morgan fingerprint density at radius 2 is 1.74 bits per heavy atom. The van der Waals surface area contributed by atoms with Crippen LogP contribution in [0, 0.1) is 18.6 Å². The Labute approximate surface area is 246 Å². The van der Waals surface area contributed by atoms with Gasteiger partial charge >= 0.3 is 0 Å². The van der Waals surface area contributed by atoms with Crippen molar-refractivity contribution in [3.8, 4) is 11.3 Å². The first-order valence-electron chi connectivity index (χ1n) is 13.6. The molecule has 2 amide bonds. The molecular weight excluding hydrogens is 560 g/mol. The van der Waals surface area contributed by atoms with Gasteiger partial charge in [-0.25, -0.2) is 8.78 Å². The third-order valence-electron chi connectivity index (χ3n) is 7.99. The van der Waals surface area contributed by atoms with Crippen molar-refractivity contribution in [3.05, 3.63) is 88.7 Å². The van der Waals surface area contributed by atoms with Crippen molar-refractivity contribution in [3.63, 3.8) is 0 Å². The second-order valence-corrected chi connectivity index (χ2v) is 11.2. The van der Waals surface area contributed by atoms with Crippen LogP contribution in [-0.2, 0) is 0 Å². The summed E-state index contributed by atoms with van der Waals surface area (Å²) in [4.78, 5) is 28.6. The second kappa shape index (κ2) is 10.8. The molecule has 0 aliphatic carbocycles. The van der Waals surface area contributed by atoms with Crippen LogP contribution in [0.1, 0.15) is 50.8 Å². The number of fused-ring (bicyclic) bond motifs is 2. The van der Waals surface area contributed by atoms with Crippen LogP contribution in [0.5, 0.6) is 0 Å². The summed E-state index contributed by atoms with van der Waals surface area (Å²) in [6.45, 7) is 2.74. The maximum absolute atomic E-state index is 13.9. The molecule has 1 saturated heterocycles. The predicted molar refractivity (Wildman–Crippen MR) is 161 cm³/mol. The van der Waals surface area contributed by atoms with E-state index in [2.05, 4.69) is 18.1 Å². The number of benzene rings is 3. The van der Waals surface area contributed by atoms with Gasteiger partial charge in [-0.3, -0.25) is 9.59 Å². The van der Waals surface area contributed by atoms with Crippen molar-refractivity contribution in [2.45, 2.75) is 25.7 Å². The van der Waals surface area contributed by atoms with Gasteiger partial charge < -0.3 is 23.4 Å². The topological polar surface area (TPSA) is 78.9 Å². The molecule has 1 aliphatic heterocycles. The highest BCUT2D eigenvalue weighted by atomic mass is 32.1. The number of hydrogen-bond donors (Lipinski definition) is 2. The molecule has 3 heterocycles. The van der Waals surface area contributed by atoms with Crippen molar-refractivity contribution in [1.82, 2.24) is 10.2 Å². The molecule has 1 fully saturated rings. The van der Waals surface area contributed by atoms with E-state index in [9.17, 15) is 18.4 Å². The Kier molecular flexibility index (Phi) is 7.18. The predicted octanol–water partition coefficient (Wildman–Crippen LogP) is 7.09. The molecule has 1 aliphatic rings. The lowest BCUT2D eigenvalue weighted by molar-refractivity contribution is 0.0676. The molecule has 1 N–H and O–H groups in total. The standard InChI is InChI=1S/C32H29F2N3O4S/c1-17-22-13-21(34)10-11-26(22)40-29(17)32(39)37-12-4-5-19(16-37)23-14-24-27(15-25(23)36(3)42)41-30(28(24)31(38)35-2)18-6-8-20(33)9-7-18/h6-11,13-15,19,42H,4-5,12,16H2,1-3H3,(H,35,38)/t19-/m1/s1. The van der Waals surface area contributed by atoms with Gasteiger partial charge in [-0.1, -0.05) is 12.8 Å². The van der Waals surface area contributed by atoms with E-state index in [1.165, 1.54) is 30.3 Å². The fourth-order valence-electron chi connectivity index (χ4n) is 5.87. The van der Waals surface area contributed by atoms with Gasteiger partial charge in [0.15, 0.2) is 5.76 Å². The zero-order valence-corrected chi connectivity index (χ0v) is 24.2. The highest BCUT2D eigenvalue weighted by Gasteiger charge is 2.32. The molecule has 0 saturated carbocycles. The number of amides is 2. The monoisotopic (exact) mass is 589 g/mol. The second-order valence-electron chi connectivity index (χ2n) is 10.6. The number of carbonyl (C=O) groups is 2. The summed E-state index contributed by atoms with van der Waals surface area (Å²) in [5.41, 5.74) is 4.18. The van der Waals surface area contributed by atoms with E-state index >= 15 is 0 Å². The quantitative estimate of drug-likeness (QED) is 0.214. The van der Waals surface area contributed by atoms with Crippen molar-refractivity contribution in [2.75, 3.05) is 31.5 Å². The number of furan rings is 2. The van der Waals surface area contributed by atoms with E-state index in [0.29, 0.717) is 57.5 Å². The number of aryl methyl sites for hydroxylation is 1. The number of halogens is 2. The number of nitrogens with one attached hydrogen (secondary N) is 1. The summed E-state index contributed by atoms with van der Waals surface area (Å²) in [5.74, 6) is -0.878. The third-order valence-corrected chi connectivity index (χ3v) is 8.20. The van der Waals surface area contributed by atoms with Crippen molar-refractivity contribution < 1.29 is 27.2 Å². The van der Waals surface area contributed by atoms with E-state index in [-0.39, 0.29) is 35.1 Å². The van der Waals surface area contributed by atoms with Gasteiger partial charge in [-0.2, -0.15) is 0 Å². The van der Waals surface area contributed by atoms with Gasteiger partial charge in [-0.05, 0) is 73.9 Å². The SMILES string of the molecule is CNC(=O)c1c(-c2ccc(F)cc2)oc2cc(N(C)S)c([C@@H]3CCCN(C(=O)c4oc5ccc(F)cc5c4C)C3)cc12. The van der Waals surface area contributed by atoms with Gasteiger partial charge in [0.1, 0.15) is 28.6 Å². The molecule has 0 unspecified atom stereocenters. The van der Waals surface area contributed by atoms with Crippen molar-refractivity contribution in [1.29, 1.82) is 0 Å². The van der Waals surface area contributed by atoms with Crippen LogP contribution < -0.4 is 9.62 Å². The average Bonchev–Trinajstić information content (AvgIpc) is 3.53. The smallest absolute Gasteiger partial charge is 0.289 e. The number of nitrogens with zero attached hydrogens (tertiary/aromatic N) is 2. The molecule has 0 spiro atoms. The first kappa shape index (κ1) is 27.8. The minimum absolute atomic E-state index is 0.0689. The Morgan fingerprint density at radius 3 is 2.45 bits per heavy atom. The molecule has 7 nitrogen and oxygen atoms in total. The van der Waals surface area contributed by atoms with Crippen LogP contribution >= 0.6 is 12.8 Å². The number of rotatable bonds is 5. The Morgan fingerprint density at radius 1 is 1.00 bits per heavy atom. The van der Waals surface area contributed by atoms with E-state index in [1.807, 2.05) is 12.1 Å². The largest absolute Gasteiger partial charge is 0.455 e. The van der Waals surface area contributed by atoms with E-state index < -0.39 is 0 Å². The highest BCUT2D eigenvalue weighted by Crippen LogP contribution is 2.42. The van der Waals surface area contributed by atoms with Gasteiger partial charge in [0, 0.05) is 61.1 Å². The first-order chi connectivity index (χ1) is 20.2. The highest BCUT2D eigenvalue weighted by molar-refractivity contribution is 7.81. The normalized spacial score (nSPS) is 15.4. The van der Waals surface area contributed by atoms with Crippen molar-refractivity contribution in [2.24, 2.45) is 0 Å². The fraction of sp³-hybridized carbons (Fsp3) is 0.250. The summed E-state index contributed by atoms with van der Waals surface area (Å²) in [7, 11) is 3.35. The number of piperidine rings is 1. The average molecular weight is 590 g/mol. The van der Waals surface area contributed by atoms with Crippen molar-refractivity contribution >= 4 is 52.3 Å². The summed E-state index contributed by atoms with van der Waals surface area (Å²) in [6.07, 6.45) is 1.57. The van der Waals surface area contributed by atoms with Crippen LogP contribution in [0.2, 0.25) is 0 Å². The molecule has 5 aromatic rings. The lowest BCUT2D eigenvalue weighted by Gasteiger charge is -2.34. The molecule has 1 atom stereocenters. The number of thiol groups is 1. The first-order valence-corrected chi connectivity index (χ1v) is 14.0. The summed E-state index contributed by atoms with van der Waals surface area (Å²) >= 11 is 4.59. The molecule has 42 heavy (non-hydrogen) atoms. The molecule has 2 aromatic heterocycles. The van der Waals surface area contributed by atoms with Crippen LogP contribution in [0.3, 0.4) is 0 Å². The zero-order valence-electron chi connectivity index (χ0n) is 23.3. The lowest BCUT2D eigenvalue weighted by atomic mass is 9.88. The minimum Gasteiger partial charge on any atom is -0.455 e. The molecular formula is C32H29F2N3O4S. The maximum atomic E-state index is 13.9. The molecule has 6 rings (SSSR count). The van der Waals surface area contributed by atoms with Crippen LogP contribution in [-0.4, -0.2) is 43.9 Å². The number of carbonyl (C=O) groups excluding carboxylic acids is 2. The Bertz CT molecular complexity index is 1840. The van der Waals surface area contributed by atoms with E-state index in [4.69, 9.17) is 8.83 Å². The minimum atomic E-state index is -0.390. The summed E-state index contributed by atoms with van der Waals surface area (Å²) in [6, 6.07) is 13.8. The maximum Gasteiger partial charge on any atom is 0.289 e. The summed E-state index contributed by atoms with van der Waals surface area (Å²) < 4.78 is 41.3. The Balaban J connectivity index is 1.41.